The lowest BCUT2D eigenvalue weighted by Gasteiger charge is -2.30. The molecule has 1 N–H and O–H groups in total. The lowest BCUT2D eigenvalue weighted by atomic mass is 10.0. The van der Waals surface area contributed by atoms with E-state index in [9.17, 15) is 9.59 Å². The maximum absolute atomic E-state index is 13.1. The summed E-state index contributed by atoms with van der Waals surface area (Å²) < 4.78 is 0. The van der Waals surface area contributed by atoms with E-state index >= 15 is 0 Å². The first-order valence-corrected chi connectivity index (χ1v) is 8.92. The lowest BCUT2D eigenvalue weighted by Crippen LogP contribution is -2.45. The van der Waals surface area contributed by atoms with Crippen LogP contribution in [0.2, 0.25) is 0 Å². The van der Waals surface area contributed by atoms with Gasteiger partial charge in [-0.1, -0.05) is 48.5 Å². The summed E-state index contributed by atoms with van der Waals surface area (Å²) in [4.78, 5) is 27.7. The molecule has 4 rings (SSSR count). The smallest absolute Gasteiger partial charge is 0.252 e. The number of amides is 2. The Hall–Kier alpha value is -2.62. The predicted molar refractivity (Wildman–Crippen MR) is 95.9 cm³/mol. The number of nitrogens with zero attached hydrogens (tertiary/aromatic N) is 1. The van der Waals surface area contributed by atoms with Crippen LogP contribution in [0.1, 0.15) is 34.8 Å². The van der Waals surface area contributed by atoms with E-state index < -0.39 is 6.04 Å². The minimum Gasteiger partial charge on any atom is -0.340 e. The number of carbonyl (C=O) groups excluding carboxylic acids is 2. The molecular weight excluding hydrogens is 312 g/mol. The third-order valence-electron chi connectivity index (χ3n) is 5.30. The number of likely N-dealkylation sites (tertiary alicyclic amines) is 1. The molecule has 0 radical (unpaired) electrons. The molecule has 3 atom stereocenters. The lowest BCUT2D eigenvalue weighted by molar-refractivity contribution is -0.134. The van der Waals surface area contributed by atoms with Gasteiger partial charge >= 0.3 is 0 Å². The number of rotatable bonds is 4. The summed E-state index contributed by atoms with van der Waals surface area (Å²) in [7, 11) is 0. The molecule has 1 heterocycles. The van der Waals surface area contributed by atoms with E-state index in [4.69, 9.17) is 0 Å². The Labute approximate surface area is 147 Å². The molecule has 1 saturated carbocycles. The second-order valence-corrected chi connectivity index (χ2v) is 7.01. The van der Waals surface area contributed by atoms with Crippen molar-refractivity contribution >= 4 is 11.8 Å². The van der Waals surface area contributed by atoms with Gasteiger partial charge in [-0.15, -0.1) is 0 Å². The summed E-state index contributed by atoms with van der Waals surface area (Å²) in [6.45, 7) is 1.62. The Morgan fingerprint density at radius 3 is 2.32 bits per heavy atom. The Morgan fingerprint density at radius 1 is 0.960 bits per heavy atom. The first-order valence-electron chi connectivity index (χ1n) is 8.92. The molecule has 3 unspecified atom stereocenters. The number of carbonyl (C=O) groups is 2. The van der Waals surface area contributed by atoms with Crippen molar-refractivity contribution in [2.75, 3.05) is 13.1 Å². The third-order valence-corrected chi connectivity index (χ3v) is 5.30. The molecule has 25 heavy (non-hydrogen) atoms. The molecule has 0 spiro atoms. The molecule has 2 aromatic rings. The van der Waals surface area contributed by atoms with Crippen LogP contribution in [0.5, 0.6) is 0 Å². The normalized spacial score (nSPS) is 22.6. The van der Waals surface area contributed by atoms with Gasteiger partial charge < -0.3 is 10.2 Å². The minimum absolute atomic E-state index is 0.000770. The zero-order chi connectivity index (χ0) is 17.2. The number of nitrogens with one attached hydrogen (secondary N) is 1. The third kappa shape index (κ3) is 3.43. The van der Waals surface area contributed by atoms with E-state index in [1.807, 2.05) is 53.4 Å². The van der Waals surface area contributed by atoms with Gasteiger partial charge in [-0.05, 0) is 42.4 Å². The fraction of sp³-hybridized carbons (Fsp3) is 0.333. The van der Waals surface area contributed by atoms with E-state index in [2.05, 4.69) is 5.32 Å². The van der Waals surface area contributed by atoms with E-state index in [-0.39, 0.29) is 11.8 Å². The van der Waals surface area contributed by atoms with Crippen molar-refractivity contribution in [3.63, 3.8) is 0 Å². The van der Waals surface area contributed by atoms with Crippen LogP contribution in [0.3, 0.4) is 0 Å². The largest absolute Gasteiger partial charge is 0.340 e. The van der Waals surface area contributed by atoms with Crippen molar-refractivity contribution in [3.05, 3.63) is 71.8 Å². The van der Waals surface area contributed by atoms with Crippen LogP contribution in [0.15, 0.2) is 60.7 Å². The van der Waals surface area contributed by atoms with Gasteiger partial charge in [0.1, 0.15) is 6.04 Å². The van der Waals surface area contributed by atoms with Crippen molar-refractivity contribution in [2.45, 2.75) is 18.9 Å². The Kier molecular flexibility index (Phi) is 4.26. The number of benzene rings is 2. The quantitative estimate of drug-likeness (QED) is 0.934. The standard InChI is InChI=1S/C21H22N2O2/c24-20(16-9-5-2-6-10-16)22-19(15-7-3-1-4-8-15)21(25)23-12-11-17-13-18(17)14-23/h1-10,17-19H,11-14H2,(H,22,24). The number of hydrogen-bond acceptors (Lipinski definition) is 2. The van der Waals surface area contributed by atoms with Crippen molar-refractivity contribution in [2.24, 2.45) is 11.8 Å². The van der Waals surface area contributed by atoms with Crippen LogP contribution in [0, 0.1) is 11.8 Å². The van der Waals surface area contributed by atoms with Crippen molar-refractivity contribution in [3.8, 4) is 0 Å². The van der Waals surface area contributed by atoms with Gasteiger partial charge in [0, 0.05) is 18.7 Å². The first-order chi connectivity index (χ1) is 12.2. The number of fused-ring (bicyclic) bond motifs is 1. The maximum Gasteiger partial charge on any atom is 0.252 e. The van der Waals surface area contributed by atoms with E-state index in [1.54, 1.807) is 12.1 Å². The van der Waals surface area contributed by atoms with Crippen molar-refractivity contribution in [1.29, 1.82) is 0 Å². The molecule has 1 saturated heterocycles. The molecule has 2 aromatic carbocycles. The van der Waals surface area contributed by atoms with Crippen molar-refractivity contribution in [1.82, 2.24) is 10.2 Å². The molecule has 0 aromatic heterocycles. The summed E-state index contributed by atoms with van der Waals surface area (Å²) in [5.41, 5.74) is 1.40. The Bertz CT molecular complexity index is 760. The van der Waals surface area contributed by atoms with Gasteiger partial charge in [-0.3, -0.25) is 9.59 Å². The van der Waals surface area contributed by atoms with Gasteiger partial charge in [0.15, 0.2) is 0 Å². The fourth-order valence-corrected chi connectivity index (χ4v) is 3.70. The minimum atomic E-state index is -0.635. The second kappa shape index (κ2) is 6.71. The molecular formula is C21H22N2O2. The molecule has 4 heteroatoms. The highest BCUT2D eigenvalue weighted by molar-refractivity contribution is 5.97. The average Bonchev–Trinajstić information content (AvgIpc) is 3.45. The van der Waals surface area contributed by atoms with Gasteiger partial charge in [0.05, 0.1) is 0 Å². The van der Waals surface area contributed by atoms with Gasteiger partial charge in [0.2, 0.25) is 5.91 Å². The summed E-state index contributed by atoms with van der Waals surface area (Å²) in [5.74, 6) is 1.27. The topological polar surface area (TPSA) is 49.4 Å². The first kappa shape index (κ1) is 15.9. The Balaban J connectivity index is 1.56. The van der Waals surface area contributed by atoms with Gasteiger partial charge in [-0.2, -0.15) is 0 Å². The summed E-state index contributed by atoms with van der Waals surface area (Å²) in [6.07, 6.45) is 2.33. The highest BCUT2D eigenvalue weighted by Gasteiger charge is 2.43. The SMILES string of the molecule is O=C(NC(C(=O)N1CCC2CC2C1)c1ccccc1)c1ccccc1. The zero-order valence-corrected chi connectivity index (χ0v) is 14.1. The molecule has 4 nitrogen and oxygen atoms in total. The van der Waals surface area contributed by atoms with Crippen LogP contribution >= 0.6 is 0 Å². The highest BCUT2D eigenvalue weighted by atomic mass is 16.2. The summed E-state index contributed by atoms with van der Waals surface area (Å²) >= 11 is 0. The summed E-state index contributed by atoms with van der Waals surface area (Å²) in [6, 6.07) is 17.9. The van der Waals surface area contributed by atoms with Crippen LogP contribution in [-0.2, 0) is 4.79 Å². The zero-order valence-electron chi connectivity index (χ0n) is 14.1. The van der Waals surface area contributed by atoms with Crippen LogP contribution in [-0.4, -0.2) is 29.8 Å². The average molecular weight is 334 g/mol. The highest BCUT2D eigenvalue weighted by Crippen LogP contribution is 2.45. The van der Waals surface area contributed by atoms with Gasteiger partial charge in [-0.25, -0.2) is 0 Å². The molecule has 1 aliphatic carbocycles. The molecule has 2 fully saturated rings. The van der Waals surface area contributed by atoms with Gasteiger partial charge in [0.25, 0.3) is 5.91 Å². The van der Waals surface area contributed by atoms with Crippen molar-refractivity contribution < 1.29 is 9.59 Å². The van der Waals surface area contributed by atoms with Crippen LogP contribution in [0.25, 0.3) is 0 Å². The van der Waals surface area contributed by atoms with Crippen LogP contribution in [0.4, 0.5) is 0 Å². The van der Waals surface area contributed by atoms with Crippen LogP contribution < -0.4 is 5.32 Å². The molecule has 128 valence electrons. The maximum atomic E-state index is 13.1. The Morgan fingerprint density at radius 2 is 1.64 bits per heavy atom. The second-order valence-electron chi connectivity index (χ2n) is 7.01. The van der Waals surface area contributed by atoms with E-state index in [1.165, 1.54) is 6.42 Å². The number of hydrogen-bond donors (Lipinski definition) is 1. The molecule has 0 bridgehead atoms. The molecule has 2 amide bonds. The molecule has 1 aliphatic heterocycles. The van der Waals surface area contributed by atoms with E-state index in [0.29, 0.717) is 11.5 Å². The predicted octanol–water partition coefficient (Wildman–Crippen LogP) is 3.03. The monoisotopic (exact) mass is 334 g/mol. The summed E-state index contributed by atoms with van der Waals surface area (Å²) in [5, 5.41) is 2.94. The van der Waals surface area contributed by atoms with E-state index in [0.717, 1.165) is 31.0 Å². The fourth-order valence-electron chi connectivity index (χ4n) is 3.70. The molecule has 2 aliphatic rings. The number of piperidine rings is 1.